The van der Waals surface area contributed by atoms with Crippen molar-refractivity contribution in [3.8, 4) is 0 Å². The second-order valence-electron chi connectivity index (χ2n) is 5.84. The molecule has 1 saturated heterocycles. The molecule has 1 amide bonds. The molecule has 0 saturated carbocycles. The molecular formula is C15H19F3N2O3S2. The van der Waals surface area contributed by atoms with Gasteiger partial charge in [0.05, 0.1) is 6.26 Å². The van der Waals surface area contributed by atoms with Crippen LogP contribution in [0.3, 0.4) is 0 Å². The molecule has 1 N–H and O–H groups in total. The summed E-state index contributed by atoms with van der Waals surface area (Å²) in [6, 6.07) is 5.00. The summed E-state index contributed by atoms with van der Waals surface area (Å²) in [7, 11) is -3.36. The second-order valence-corrected chi connectivity index (χ2v) is 8.81. The van der Waals surface area contributed by atoms with Crippen LogP contribution in [0.2, 0.25) is 0 Å². The Labute approximate surface area is 149 Å². The molecule has 140 valence electrons. The molecule has 1 aliphatic rings. The Hall–Kier alpha value is -1.26. The third-order valence-corrected chi connectivity index (χ3v) is 5.23. The number of hydrogen-bond donors (Lipinski definition) is 1. The highest BCUT2D eigenvalue weighted by molar-refractivity contribution is 8.00. The normalized spacial score (nSPS) is 19.0. The highest BCUT2D eigenvalue weighted by Crippen LogP contribution is 2.36. The molecule has 0 aromatic heterocycles. The van der Waals surface area contributed by atoms with Crippen molar-refractivity contribution in [1.82, 2.24) is 9.62 Å². The predicted octanol–water partition coefficient (Wildman–Crippen LogP) is 2.84. The molecule has 25 heavy (non-hydrogen) atoms. The minimum Gasteiger partial charge on any atom is -0.334 e. The number of carbonyl (C=O) groups is 1. The molecule has 1 aliphatic heterocycles. The van der Waals surface area contributed by atoms with Crippen molar-refractivity contribution in [2.75, 3.05) is 19.3 Å². The van der Waals surface area contributed by atoms with Crippen molar-refractivity contribution in [3.05, 3.63) is 29.8 Å². The Bertz CT molecular complexity index is 706. The number of halogens is 3. The number of nitrogens with zero attached hydrogens (tertiary/aromatic N) is 1. The maximum atomic E-state index is 12.7. The van der Waals surface area contributed by atoms with Crippen molar-refractivity contribution >= 4 is 27.7 Å². The first-order valence-corrected chi connectivity index (χ1v) is 10.4. The van der Waals surface area contributed by atoms with E-state index in [1.807, 2.05) is 0 Å². The van der Waals surface area contributed by atoms with Gasteiger partial charge in [-0.15, -0.1) is 0 Å². The first-order valence-electron chi connectivity index (χ1n) is 7.66. The average molecular weight is 396 g/mol. The lowest BCUT2D eigenvalue weighted by molar-refractivity contribution is -0.0328. The molecule has 0 unspecified atom stereocenters. The van der Waals surface area contributed by atoms with Gasteiger partial charge in [-0.3, -0.25) is 4.79 Å². The zero-order chi connectivity index (χ0) is 18.7. The van der Waals surface area contributed by atoms with E-state index in [1.54, 1.807) is 4.90 Å². The van der Waals surface area contributed by atoms with E-state index in [4.69, 9.17) is 0 Å². The topological polar surface area (TPSA) is 66.5 Å². The van der Waals surface area contributed by atoms with Gasteiger partial charge in [0.25, 0.3) is 5.91 Å². The maximum absolute atomic E-state index is 12.7. The zero-order valence-electron chi connectivity index (χ0n) is 13.5. The summed E-state index contributed by atoms with van der Waals surface area (Å²) in [6.07, 6.45) is 3.43. The van der Waals surface area contributed by atoms with Crippen LogP contribution in [-0.2, 0) is 10.0 Å². The van der Waals surface area contributed by atoms with E-state index in [-0.39, 0.29) is 40.7 Å². The molecule has 1 atom stereocenters. The van der Waals surface area contributed by atoms with Gasteiger partial charge in [0, 0.05) is 29.6 Å². The number of rotatable bonds is 5. The number of piperidine rings is 1. The lowest BCUT2D eigenvalue weighted by Gasteiger charge is -2.35. The van der Waals surface area contributed by atoms with Gasteiger partial charge in [-0.1, -0.05) is 0 Å². The molecule has 0 bridgehead atoms. The Balaban J connectivity index is 2.08. The van der Waals surface area contributed by atoms with Crippen molar-refractivity contribution in [3.63, 3.8) is 0 Å². The summed E-state index contributed by atoms with van der Waals surface area (Å²) < 4.78 is 62.0. The van der Waals surface area contributed by atoms with Gasteiger partial charge < -0.3 is 4.90 Å². The van der Waals surface area contributed by atoms with Gasteiger partial charge in [-0.2, -0.15) is 13.2 Å². The molecular weight excluding hydrogens is 377 g/mol. The van der Waals surface area contributed by atoms with Gasteiger partial charge in [0.15, 0.2) is 0 Å². The van der Waals surface area contributed by atoms with Gasteiger partial charge in [-0.25, -0.2) is 13.1 Å². The van der Waals surface area contributed by atoms with Crippen LogP contribution in [-0.4, -0.2) is 50.1 Å². The van der Waals surface area contributed by atoms with E-state index < -0.39 is 15.5 Å². The van der Waals surface area contributed by atoms with Crippen LogP contribution in [0.25, 0.3) is 0 Å². The van der Waals surface area contributed by atoms with Crippen LogP contribution >= 0.6 is 11.8 Å². The Morgan fingerprint density at radius 3 is 2.48 bits per heavy atom. The number of hydrogen-bond acceptors (Lipinski definition) is 4. The number of benzene rings is 1. The van der Waals surface area contributed by atoms with E-state index in [0.29, 0.717) is 13.0 Å². The Morgan fingerprint density at radius 1 is 1.28 bits per heavy atom. The van der Waals surface area contributed by atoms with Crippen LogP contribution in [0.15, 0.2) is 29.2 Å². The first-order chi connectivity index (χ1) is 11.6. The lowest BCUT2D eigenvalue weighted by Crippen LogP contribution is -2.49. The maximum Gasteiger partial charge on any atom is 0.446 e. The third-order valence-electron chi connectivity index (χ3n) is 3.80. The highest BCUT2D eigenvalue weighted by atomic mass is 32.2. The van der Waals surface area contributed by atoms with Crippen molar-refractivity contribution in [2.24, 2.45) is 0 Å². The second kappa shape index (κ2) is 7.96. The summed E-state index contributed by atoms with van der Waals surface area (Å²) in [6.45, 7) is 0.626. The fourth-order valence-electron chi connectivity index (χ4n) is 2.69. The monoisotopic (exact) mass is 396 g/mol. The quantitative estimate of drug-likeness (QED) is 0.778. The molecule has 1 heterocycles. The number of sulfonamides is 1. The lowest BCUT2D eigenvalue weighted by atomic mass is 10.0. The number of thioether (sulfide) groups is 1. The zero-order valence-corrected chi connectivity index (χ0v) is 15.2. The smallest absolute Gasteiger partial charge is 0.334 e. The summed E-state index contributed by atoms with van der Waals surface area (Å²) >= 11 is -0.233. The van der Waals surface area contributed by atoms with Crippen LogP contribution in [0.5, 0.6) is 0 Å². The molecule has 1 fully saturated rings. The predicted molar refractivity (Wildman–Crippen MR) is 89.9 cm³/mol. The molecule has 2 rings (SSSR count). The summed E-state index contributed by atoms with van der Waals surface area (Å²) in [4.78, 5) is 14.3. The molecule has 0 aliphatic carbocycles. The van der Waals surface area contributed by atoms with Crippen molar-refractivity contribution in [2.45, 2.75) is 35.7 Å². The van der Waals surface area contributed by atoms with Crippen LogP contribution in [0.1, 0.15) is 29.6 Å². The van der Waals surface area contributed by atoms with E-state index in [0.717, 1.165) is 19.1 Å². The Morgan fingerprint density at radius 2 is 1.92 bits per heavy atom. The molecule has 1 aromatic rings. The van der Waals surface area contributed by atoms with E-state index >= 15 is 0 Å². The van der Waals surface area contributed by atoms with Crippen molar-refractivity contribution < 1.29 is 26.4 Å². The SMILES string of the molecule is CS(=O)(=O)NC[C@H]1CCCCN1C(=O)c1ccc(SC(F)(F)F)cc1. The number of carbonyl (C=O) groups excluding carboxylic acids is 1. The summed E-state index contributed by atoms with van der Waals surface area (Å²) in [5.74, 6) is -0.302. The largest absolute Gasteiger partial charge is 0.446 e. The van der Waals surface area contributed by atoms with Gasteiger partial charge in [0.1, 0.15) is 0 Å². The summed E-state index contributed by atoms with van der Waals surface area (Å²) in [5.41, 5.74) is -4.08. The Kier molecular flexibility index (Phi) is 6.39. The van der Waals surface area contributed by atoms with E-state index in [1.165, 1.54) is 24.3 Å². The number of amides is 1. The molecule has 1 aromatic carbocycles. The van der Waals surface area contributed by atoms with Crippen molar-refractivity contribution in [1.29, 1.82) is 0 Å². The van der Waals surface area contributed by atoms with Gasteiger partial charge in [0.2, 0.25) is 10.0 Å². The fraction of sp³-hybridized carbons (Fsp3) is 0.533. The number of alkyl halides is 3. The number of likely N-dealkylation sites (tertiary alicyclic amines) is 1. The first kappa shape index (κ1) is 20.1. The van der Waals surface area contributed by atoms with Crippen LogP contribution < -0.4 is 4.72 Å². The molecule has 0 radical (unpaired) electrons. The van der Waals surface area contributed by atoms with Crippen LogP contribution in [0, 0.1) is 0 Å². The van der Waals surface area contributed by atoms with E-state index in [9.17, 15) is 26.4 Å². The molecule has 10 heteroatoms. The number of nitrogens with one attached hydrogen (secondary N) is 1. The average Bonchev–Trinajstić information content (AvgIpc) is 2.51. The van der Waals surface area contributed by atoms with Gasteiger partial charge in [-0.05, 0) is 55.3 Å². The minimum atomic E-state index is -4.37. The molecule has 5 nitrogen and oxygen atoms in total. The standard InChI is InChI=1S/C15H19F3N2O3S2/c1-25(22,23)19-10-12-4-2-3-9-20(12)14(21)11-5-7-13(8-6-11)24-15(16,17)18/h5-8,12,19H,2-4,9-10H2,1H3/t12-/m1/s1. The molecule has 0 spiro atoms. The fourth-order valence-corrected chi connectivity index (χ4v) is 3.73. The van der Waals surface area contributed by atoms with E-state index in [2.05, 4.69) is 4.72 Å². The summed E-state index contributed by atoms with van der Waals surface area (Å²) in [5, 5.41) is 0. The van der Waals surface area contributed by atoms with Gasteiger partial charge >= 0.3 is 5.51 Å². The van der Waals surface area contributed by atoms with Crippen LogP contribution in [0.4, 0.5) is 13.2 Å². The highest BCUT2D eigenvalue weighted by Gasteiger charge is 2.30. The third kappa shape index (κ3) is 6.52. The minimum absolute atomic E-state index is 0.0120.